The van der Waals surface area contributed by atoms with Crippen LogP contribution in [0.3, 0.4) is 0 Å². The molecule has 0 aliphatic rings. The molecule has 0 unspecified atom stereocenters. The zero-order valence-electron chi connectivity index (χ0n) is 4.73. The highest BCUT2D eigenvalue weighted by atomic mass is 35.7. The number of nitrogens with zero attached hydrogens (tertiary/aromatic N) is 2. The van der Waals surface area contributed by atoms with Crippen LogP contribution < -0.4 is 0 Å². The van der Waals surface area contributed by atoms with E-state index in [0.29, 0.717) is 22.3 Å². The number of hydrogen-bond donors (Lipinski definition) is 0. The van der Waals surface area contributed by atoms with Crippen LogP contribution in [0, 0.1) is 0 Å². The fourth-order valence-corrected chi connectivity index (χ4v) is 2.70. The SMILES string of the molecule is CN(N(SCl)SCl)P(=O)=O. The summed E-state index contributed by atoms with van der Waals surface area (Å²) in [5.74, 6) is 0. The van der Waals surface area contributed by atoms with Gasteiger partial charge in [-0.1, -0.05) is 3.82 Å². The van der Waals surface area contributed by atoms with Crippen molar-refractivity contribution in [3.63, 3.8) is 0 Å². The molecule has 0 aromatic carbocycles. The zero-order valence-corrected chi connectivity index (χ0v) is 8.77. The first-order chi connectivity index (χ1) is 4.63. The van der Waals surface area contributed by atoms with E-state index in [4.69, 9.17) is 21.4 Å². The van der Waals surface area contributed by atoms with Gasteiger partial charge < -0.3 is 0 Å². The molecule has 60 valence electrons. The van der Waals surface area contributed by atoms with Crippen LogP contribution in [0.4, 0.5) is 0 Å². The molecule has 0 saturated carbocycles. The second kappa shape index (κ2) is 5.71. The summed E-state index contributed by atoms with van der Waals surface area (Å²) in [6, 6.07) is 0. The predicted molar refractivity (Wildman–Crippen MR) is 44.8 cm³/mol. The third-order valence-corrected chi connectivity index (χ3v) is 3.93. The van der Waals surface area contributed by atoms with Gasteiger partial charge in [-0.15, -0.1) is 4.78 Å². The van der Waals surface area contributed by atoms with Crippen molar-refractivity contribution in [1.82, 2.24) is 8.60 Å². The van der Waals surface area contributed by atoms with Crippen LogP contribution in [0.25, 0.3) is 0 Å². The molecule has 0 spiro atoms. The topological polar surface area (TPSA) is 40.6 Å². The molecule has 0 heterocycles. The van der Waals surface area contributed by atoms with Crippen molar-refractivity contribution >= 4 is 51.5 Å². The van der Waals surface area contributed by atoms with Crippen molar-refractivity contribution in [1.29, 1.82) is 0 Å². The van der Waals surface area contributed by atoms with Crippen molar-refractivity contribution in [3.05, 3.63) is 0 Å². The van der Waals surface area contributed by atoms with Gasteiger partial charge in [0.05, 0.1) is 22.3 Å². The Labute approximate surface area is 76.3 Å². The number of hydrogen-bond acceptors (Lipinski definition) is 5. The lowest BCUT2D eigenvalue weighted by Crippen LogP contribution is -2.17. The van der Waals surface area contributed by atoms with Gasteiger partial charge in [-0.25, -0.2) is 9.13 Å². The van der Waals surface area contributed by atoms with Gasteiger partial charge in [0.25, 0.3) is 0 Å². The molecule has 0 fully saturated rings. The maximum atomic E-state index is 10.2. The minimum Gasteiger partial charge on any atom is -0.217 e. The second-order valence-corrected chi connectivity index (χ2v) is 4.18. The molecule has 0 radical (unpaired) electrons. The molecule has 0 N–H and O–H groups in total. The smallest absolute Gasteiger partial charge is 0.217 e. The summed E-state index contributed by atoms with van der Waals surface area (Å²) in [6.07, 6.45) is 0. The summed E-state index contributed by atoms with van der Waals surface area (Å²) in [6.45, 7) is 0. The van der Waals surface area contributed by atoms with Crippen molar-refractivity contribution in [3.8, 4) is 0 Å². The summed E-state index contributed by atoms with van der Waals surface area (Å²) in [5.41, 5.74) is 0. The van der Waals surface area contributed by atoms with Crippen molar-refractivity contribution in [2.75, 3.05) is 7.05 Å². The van der Waals surface area contributed by atoms with Gasteiger partial charge in [0.2, 0.25) is 0 Å². The molecule has 0 aliphatic carbocycles. The summed E-state index contributed by atoms with van der Waals surface area (Å²) in [4.78, 5) is 0. The van der Waals surface area contributed by atoms with E-state index < -0.39 is 7.83 Å². The van der Waals surface area contributed by atoms with E-state index in [1.165, 1.54) is 7.05 Å². The Bertz CT molecular complexity index is 153. The van der Waals surface area contributed by atoms with Gasteiger partial charge in [0.15, 0.2) is 0 Å². The van der Waals surface area contributed by atoms with Gasteiger partial charge in [0, 0.05) is 7.05 Å². The monoisotopic (exact) mass is 240 g/mol. The van der Waals surface area contributed by atoms with E-state index in [-0.39, 0.29) is 0 Å². The second-order valence-electron chi connectivity index (χ2n) is 1.10. The Kier molecular flexibility index (Phi) is 6.34. The van der Waals surface area contributed by atoms with Crippen LogP contribution >= 0.6 is 51.5 Å². The molecule has 0 bridgehead atoms. The minimum absolute atomic E-state index is 0.685. The van der Waals surface area contributed by atoms with Crippen LogP contribution in [-0.2, 0) is 9.13 Å². The van der Waals surface area contributed by atoms with Crippen LogP contribution in [-0.4, -0.2) is 15.6 Å². The van der Waals surface area contributed by atoms with Gasteiger partial charge in [0.1, 0.15) is 0 Å². The maximum absolute atomic E-state index is 10.2. The lowest BCUT2D eigenvalue weighted by atomic mass is 11.5. The Morgan fingerprint density at radius 2 is 1.70 bits per heavy atom. The predicted octanol–water partition coefficient (Wildman–Crippen LogP) is 2.83. The number of hydrazine groups is 1. The lowest BCUT2D eigenvalue weighted by Gasteiger charge is -2.15. The average molecular weight is 241 g/mol. The molecular weight excluding hydrogens is 238 g/mol. The molecule has 10 heavy (non-hydrogen) atoms. The molecule has 0 saturated heterocycles. The molecule has 0 aliphatic heterocycles. The average Bonchev–Trinajstić information content (AvgIpc) is 1.90. The molecular formula is CH3Cl2N2O2PS2. The quantitative estimate of drug-likeness (QED) is 0.428. The van der Waals surface area contributed by atoms with E-state index in [9.17, 15) is 9.13 Å². The molecule has 4 nitrogen and oxygen atoms in total. The third kappa shape index (κ3) is 3.48. The van der Waals surface area contributed by atoms with Gasteiger partial charge in [-0.3, -0.25) is 0 Å². The standard InChI is InChI=1S/CH3Cl2N2O2PS2/c1-4(8(6)7)5(9-2)10-3/h1H3. The minimum atomic E-state index is -2.66. The Morgan fingerprint density at radius 3 is 1.80 bits per heavy atom. The molecule has 0 aromatic heterocycles. The molecule has 0 atom stereocenters. The van der Waals surface area contributed by atoms with Crippen molar-refractivity contribution in [2.45, 2.75) is 0 Å². The molecule has 0 aromatic rings. The lowest BCUT2D eigenvalue weighted by molar-refractivity contribution is 0.337. The van der Waals surface area contributed by atoms with Crippen LogP contribution in [0.2, 0.25) is 0 Å². The van der Waals surface area contributed by atoms with Crippen molar-refractivity contribution in [2.24, 2.45) is 0 Å². The highest BCUT2D eigenvalue weighted by Crippen LogP contribution is 2.33. The van der Waals surface area contributed by atoms with E-state index in [1.54, 1.807) is 0 Å². The normalized spacial score (nSPS) is 10.9. The Morgan fingerprint density at radius 1 is 1.30 bits per heavy atom. The molecule has 9 heteroatoms. The first-order valence-corrected chi connectivity index (χ1v) is 6.22. The van der Waals surface area contributed by atoms with E-state index >= 15 is 0 Å². The summed E-state index contributed by atoms with van der Waals surface area (Å²) < 4.78 is 22.5. The Hall–Kier alpha value is 1.10. The summed E-state index contributed by atoms with van der Waals surface area (Å²) in [7, 11) is 9.14. The fraction of sp³-hybridized carbons (Fsp3) is 1.00. The van der Waals surface area contributed by atoms with Crippen LogP contribution in [0.1, 0.15) is 0 Å². The first-order valence-electron chi connectivity index (χ1n) is 1.89. The van der Waals surface area contributed by atoms with Crippen LogP contribution in [0.5, 0.6) is 0 Å². The fourth-order valence-electron chi connectivity index (χ4n) is 0.160. The van der Waals surface area contributed by atoms with Crippen LogP contribution in [0.15, 0.2) is 0 Å². The molecule has 0 amide bonds. The zero-order chi connectivity index (χ0) is 8.15. The molecule has 0 rings (SSSR count). The number of rotatable bonds is 4. The summed E-state index contributed by atoms with van der Waals surface area (Å²) >= 11 is 1.37. The van der Waals surface area contributed by atoms with E-state index in [1.807, 2.05) is 0 Å². The first kappa shape index (κ1) is 11.1. The highest BCUT2D eigenvalue weighted by Gasteiger charge is 2.14. The van der Waals surface area contributed by atoms with E-state index in [2.05, 4.69) is 0 Å². The third-order valence-electron chi connectivity index (χ3n) is 0.591. The van der Waals surface area contributed by atoms with Crippen molar-refractivity contribution < 1.29 is 9.13 Å². The van der Waals surface area contributed by atoms with Gasteiger partial charge in [-0.05, 0) is 21.4 Å². The summed E-state index contributed by atoms with van der Waals surface area (Å²) in [5, 5.41) is 0. The highest BCUT2D eigenvalue weighted by molar-refractivity contribution is 8.32. The maximum Gasteiger partial charge on any atom is 0.414 e. The van der Waals surface area contributed by atoms with E-state index in [0.717, 1.165) is 8.60 Å². The van der Waals surface area contributed by atoms with Gasteiger partial charge in [-0.2, -0.15) is 0 Å². The number of halogens is 2. The largest absolute Gasteiger partial charge is 0.414 e. The van der Waals surface area contributed by atoms with Gasteiger partial charge >= 0.3 is 7.83 Å². The Balaban J connectivity index is 4.01.